The van der Waals surface area contributed by atoms with Gasteiger partial charge in [-0.25, -0.2) is 23.3 Å². The van der Waals surface area contributed by atoms with Gasteiger partial charge in [-0.1, -0.05) is 6.07 Å². The fourth-order valence-electron chi connectivity index (χ4n) is 3.01. The summed E-state index contributed by atoms with van der Waals surface area (Å²) in [6, 6.07) is 3.25. The molecule has 1 aromatic carbocycles. The zero-order chi connectivity index (χ0) is 25.3. The van der Waals surface area contributed by atoms with E-state index in [1.54, 1.807) is 37.9 Å². The standard InChI is InChI=1S/C21H32N4O8S/c1-7-25-20(32-15(3)33-21(26)30-5)17(13-23-25)24-22-12-16-8-9-18(34(6,27)28)19(14(16)2)31-11-10-29-4/h8-9,13,15,22,24H,7,10-12H2,1-6H3. The van der Waals surface area contributed by atoms with Gasteiger partial charge in [0, 0.05) is 33.4 Å². The third-order valence-corrected chi connectivity index (χ3v) is 5.83. The van der Waals surface area contributed by atoms with E-state index in [0.29, 0.717) is 42.6 Å². The largest absolute Gasteiger partial charge is 0.511 e. The molecular weight excluding hydrogens is 468 g/mol. The van der Waals surface area contributed by atoms with Gasteiger partial charge in [0.15, 0.2) is 9.84 Å². The Morgan fingerprint density at radius 3 is 2.59 bits per heavy atom. The summed E-state index contributed by atoms with van der Waals surface area (Å²) >= 11 is 0. The van der Waals surface area contributed by atoms with Crippen molar-refractivity contribution in [1.29, 1.82) is 0 Å². The van der Waals surface area contributed by atoms with E-state index in [-0.39, 0.29) is 11.5 Å². The molecule has 0 radical (unpaired) electrons. The predicted molar refractivity (Wildman–Crippen MR) is 124 cm³/mol. The van der Waals surface area contributed by atoms with E-state index in [9.17, 15) is 13.2 Å². The number of carbonyl (C=O) groups excluding carboxylic acids is 1. The Labute approximate surface area is 199 Å². The molecule has 2 aromatic rings. The smallest absolute Gasteiger partial charge is 0.490 e. The van der Waals surface area contributed by atoms with E-state index in [1.807, 2.05) is 6.92 Å². The Hall–Kier alpha value is -3.03. The molecular formula is C21H32N4O8S. The van der Waals surface area contributed by atoms with Crippen molar-refractivity contribution < 1.29 is 36.9 Å². The van der Waals surface area contributed by atoms with Gasteiger partial charge in [0.05, 0.1) is 19.9 Å². The van der Waals surface area contributed by atoms with E-state index in [4.69, 9.17) is 18.9 Å². The summed E-state index contributed by atoms with van der Waals surface area (Å²) in [6.45, 7) is 6.65. The normalized spacial score (nSPS) is 12.2. The Morgan fingerprint density at radius 1 is 1.24 bits per heavy atom. The summed E-state index contributed by atoms with van der Waals surface area (Å²) in [5.74, 6) is 0.662. The first-order valence-corrected chi connectivity index (χ1v) is 12.4. The Kier molecular flexibility index (Phi) is 9.96. The van der Waals surface area contributed by atoms with Crippen molar-refractivity contribution in [2.75, 3.05) is 39.1 Å². The highest BCUT2D eigenvalue weighted by atomic mass is 32.2. The second kappa shape index (κ2) is 12.4. The molecule has 34 heavy (non-hydrogen) atoms. The van der Waals surface area contributed by atoms with Crippen LogP contribution >= 0.6 is 0 Å². The fourth-order valence-corrected chi connectivity index (χ4v) is 3.87. The molecule has 0 saturated heterocycles. The minimum atomic E-state index is -3.48. The van der Waals surface area contributed by atoms with Gasteiger partial charge < -0.3 is 29.1 Å². The van der Waals surface area contributed by atoms with E-state index in [1.165, 1.54) is 13.2 Å². The third-order valence-electron chi connectivity index (χ3n) is 4.71. The van der Waals surface area contributed by atoms with Gasteiger partial charge in [0.25, 0.3) is 0 Å². The van der Waals surface area contributed by atoms with Crippen LogP contribution in [0.5, 0.6) is 11.6 Å². The average molecular weight is 501 g/mol. The quantitative estimate of drug-likeness (QED) is 0.181. The number of sulfone groups is 1. The lowest BCUT2D eigenvalue weighted by Gasteiger charge is -2.18. The molecule has 1 unspecified atom stereocenters. The molecule has 0 aliphatic carbocycles. The summed E-state index contributed by atoms with van der Waals surface area (Å²) in [4.78, 5) is 11.4. The minimum absolute atomic E-state index is 0.123. The van der Waals surface area contributed by atoms with E-state index in [0.717, 1.165) is 11.8 Å². The number of hydrazine groups is 1. The first-order chi connectivity index (χ1) is 16.1. The van der Waals surface area contributed by atoms with E-state index in [2.05, 4.69) is 20.7 Å². The number of aryl methyl sites for hydroxylation is 1. The van der Waals surface area contributed by atoms with Crippen molar-refractivity contribution in [3.8, 4) is 11.6 Å². The van der Waals surface area contributed by atoms with Crippen molar-refractivity contribution in [2.24, 2.45) is 0 Å². The van der Waals surface area contributed by atoms with Crippen molar-refractivity contribution in [3.05, 3.63) is 29.5 Å². The molecule has 12 nitrogen and oxygen atoms in total. The Bertz CT molecular complexity index is 1070. The van der Waals surface area contributed by atoms with Gasteiger partial charge in [-0.2, -0.15) is 5.10 Å². The predicted octanol–water partition coefficient (Wildman–Crippen LogP) is 2.26. The van der Waals surface area contributed by atoms with Crippen molar-refractivity contribution in [1.82, 2.24) is 15.2 Å². The number of hydrogen-bond donors (Lipinski definition) is 2. The van der Waals surface area contributed by atoms with Crippen molar-refractivity contribution >= 4 is 21.7 Å². The molecule has 0 saturated carbocycles. The van der Waals surface area contributed by atoms with Crippen LogP contribution in [0.15, 0.2) is 23.2 Å². The molecule has 0 aliphatic rings. The molecule has 2 rings (SSSR count). The first kappa shape index (κ1) is 27.2. The topological polar surface area (TPSA) is 139 Å². The van der Waals surface area contributed by atoms with Gasteiger partial charge in [-0.15, -0.1) is 0 Å². The second-order valence-electron chi connectivity index (χ2n) is 7.21. The number of anilines is 1. The molecule has 0 aliphatic heterocycles. The number of rotatable bonds is 13. The van der Waals surface area contributed by atoms with Crippen LogP contribution in [0.4, 0.5) is 10.5 Å². The first-order valence-electron chi connectivity index (χ1n) is 10.5. The fraction of sp³-hybridized carbons (Fsp3) is 0.524. The number of hydrogen-bond acceptors (Lipinski definition) is 11. The van der Waals surface area contributed by atoms with Crippen LogP contribution in [0.1, 0.15) is 25.0 Å². The molecule has 1 heterocycles. The average Bonchev–Trinajstić information content (AvgIpc) is 3.16. The summed E-state index contributed by atoms with van der Waals surface area (Å²) < 4.78 is 51.8. The molecule has 1 atom stereocenters. The number of benzene rings is 1. The number of carbonyl (C=O) groups is 1. The van der Waals surface area contributed by atoms with Crippen LogP contribution in [0.2, 0.25) is 0 Å². The lowest BCUT2D eigenvalue weighted by molar-refractivity contribution is -0.0508. The SMILES string of the molecule is CCn1ncc(NNCc2ccc(S(C)(=O)=O)c(OCCOC)c2C)c1OC(C)OC(=O)OC. The molecule has 0 bridgehead atoms. The maximum atomic E-state index is 12.2. The number of aromatic nitrogens is 2. The molecule has 2 N–H and O–H groups in total. The highest BCUT2D eigenvalue weighted by molar-refractivity contribution is 7.90. The van der Waals surface area contributed by atoms with Crippen LogP contribution in [0.3, 0.4) is 0 Å². The van der Waals surface area contributed by atoms with Crippen LogP contribution < -0.4 is 20.3 Å². The van der Waals surface area contributed by atoms with Crippen molar-refractivity contribution in [2.45, 2.75) is 45.0 Å². The number of ether oxygens (including phenoxy) is 5. The summed E-state index contributed by atoms with van der Waals surface area (Å²) in [5, 5.41) is 4.24. The minimum Gasteiger partial charge on any atom is -0.490 e. The van der Waals surface area contributed by atoms with Gasteiger partial charge >= 0.3 is 6.16 Å². The molecule has 1 aromatic heterocycles. The summed E-state index contributed by atoms with van der Waals surface area (Å²) in [6.07, 6.45) is 0.935. The van der Waals surface area contributed by atoms with Gasteiger partial charge in [0.1, 0.15) is 22.9 Å². The van der Waals surface area contributed by atoms with E-state index < -0.39 is 22.3 Å². The lowest BCUT2D eigenvalue weighted by Crippen LogP contribution is -2.25. The zero-order valence-corrected chi connectivity index (χ0v) is 21.0. The zero-order valence-electron chi connectivity index (χ0n) is 20.2. The lowest BCUT2D eigenvalue weighted by atomic mass is 10.1. The van der Waals surface area contributed by atoms with Gasteiger partial charge in [-0.05, 0) is 31.0 Å². The van der Waals surface area contributed by atoms with Crippen molar-refractivity contribution in [3.63, 3.8) is 0 Å². The summed E-state index contributed by atoms with van der Waals surface area (Å²) in [7, 11) is -0.724. The molecule has 0 fully saturated rings. The second-order valence-corrected chi connectivity index (χ2v) is 9.19. The van der Waals surface area contributed by atoms with Crippen LogP contribution in [-0.4, -0.2) is 64.3 Å². The molecule has 190 valence electrons. The third kappa shape index (κ3) is 7.23. The van der Waals surface area contributed by atoms with Crippen LogP contribution in [0.25, 0.3) is 0 Å². The van der Waals surface area contributed by atoms with Crippen LogP contribution in [-0.2, 0) is 37.1 Å². The number of nitrogens with one attached hydrogen (secondary N) is 2. The Balaban J connectivity index is 2.15. The molecule has 0 spiro atoms. The number of methoxy groups -OCH3 is 2. The highest BCUT2D eigenvalue weighted by Gasteiger charge is 2.20. The maximum Gasteiger partial charge on any atom is 0.511 e. The Morgan fingerprint density at radius 2 is 1.97 bits per heavy atom. The molecule has 0 amide bonds. The number of nitrogens with zero attached hydrogens (tertiary/aromatic N) is 2. The maximum absolute atomic E-state index is 12.2. The monoisotopic (exact) mass is 500 g/mol. The highest BCUT2D eigenvalue weighted by Crippen LogP contribution is 2.31. The molecule has 13 heteroatoms. The van der Waals surface area contributed by atoms with E-state index >= 15 is 0 Å². The summed E-state index contributed by atoms with van der Waals surface area (Å²) in [5.41, 5.74) is 8.12. The van der Waals surface area contributed by atoms with Gasteiger partial charge in [0.2, 0.25) is 12.2 Å². The van der Waals surface area contributed by atoms with Crippen LogP contribution in [0, 0.1) is 6.92 Å². The van der Waals surface area contributed by atoms with Gasteiger partial charge in [-0.3, -0.25) is 0 Å².